The topological polar surface area (TPSA) is 54.5 Å². The van der Waals surface area contributed by atoms with Crippen LogP contribution in [-0.4, -0.2) is 37.6 Å². The van der Waals surface area contributed by atoms with E-state index in [1.54, 1.807) is 0 Å². The highest BCUT2D eigenvalue weighted by molar-refractivity contribution is 7.90. The number of sulfone groups is 1. The van der Waals surface area contributed by atoms with Crippen LogP contribution in [-0.2, 0) is 22.0 Å². The predicted octanol–water partition coefficient (Wildman–Crippen LogP) is 2.48. The van der Waals surface area contributed by atoms with Gasteiger partial charge in [-0.05, 0) is 43.7 Å². The highest BCUT2D eigenvalue weighted by Crippen LogP contribution is 2.31. The molecule has 2 atom stereocenters. The molecule has 21 heavy (non-hydrogen) atoms. The largest absolute Gasteiger partial charge is 0.335 e. The van der Waals surface area contributed by atoms with Gasteiger partial charge in [0.1, 0.15) is 0 Å². The highest BCUT2D eigenvalue weighted by atomic mass is 32.2. The molecule has 0 N–H and O–H groups in total. The molecule has 2 aliphatic heterocycles. The van der Waals surface area contributed by atoms with Crippen LogP contribution in [0.25, 0.3) is 0 Å². The van der Waals surface area contributed by atoms with Crippen LogP contribution in [0.5, 0.6) is 0 Å². The summed E-state index contributed by atoms with van der Waals surface area (Å²) in [6.07, 6.45) is 2.78. The van der Waals surface area contributed by atoms with Crippen LogP contribution in [0.4, 0.5) is 0 Å². The van der Waals surface area contributed by atoms with Crippen molar-refractivity contribution in [2.24, 2.45) is 5.92 Å². The fraction of sp³-hybridized carbons (Fsp3) is 0.667. The van der Waals surface area contributed by atoms with Crippen LogP contribution >= 0.6 is 11.3 Å². The molecule has 1 aromatic heterocycles. The molecule has 2 aliphatic rings. The van der Waals surface area contributed by atoms with E-state index in [0.29, 0.717) is 17.2 Å². The summed E-state index contributed by atoms with van der Waals surface area (Å²) in [5.41, 5.74) is 0.840. The normalized spacial score (nSPS) is 28.2. The molecule has 0 unspecified atom stereocenters. The maximum absolute atomic E-state index is 12.7. The van der Waals surface area contributed by atoms with Gasteiger partial charge in [0.15, 0.2) is 9.84 Å². The molecular weight excluding hydrogens is 306 g/mol. The van der Waals surface area contributed by atoms with Crippen molar-refractivity contribution in [3.05, 3.63) is 21.4 Å². The Kier molecular flexibility index (Phi) is 3.86. The Morgan fingerprint density at radius 2 is 2.10 bits per heavy atom. The van der Waals surface area contributed by atoms with Gasteiger partial charge in [0.25, 0.3) is 5.91 Å². The van der Waals surface area contributed by atoms with Gasteiger partial charge >= 0.3 is 0 Å². The first-order chi connectivity index (χ1) is 9.85. The second kappa shape index (κ2) is 5.39. The number of likely N-dealkylation sites (tertiary alicyclic amines) is 1. The van der Waals surface area contributed by atoms with Crippen molar-refractivity contribution in [1.82, 2.24) is 4.90 Å². The zero-order chi connectivity index (χ0) is 15.2. The molecule has 0 spiro atoms. The van der Waals surface area contributed by atoms with Gasteiger partial charge in [0.2, 0.25) is 0 Å². The quantitative estimate of drug-likeness (QED) is 0.796. The Hall–Kier alpha value is -0.880. The zero-order valence-corrected chi connectivity index (χ0v) is 14.1. The molecule has 0 radical (unpaired) electrons. The standard InChI is InChI=1S/C15H21NO3S2/c1-10-3-4-11(2)16(8-10)15(17)14-7-12-9-21(18,19)6-5-13(12)20-14/h7,10-11H,3-6,8-9H2,1-2H3/t10-,11+/m0/s1. The number of amides is 1. The molecule has 0 saturated carbocycles. The number of fused-ring (bicyclic) bond motifs is 1. The van der Waals surface area contributed by atoms with Gasteiger partial charge in [-0.15, -0.1) is 11.3 Å². The number of hydrogen-bond acceptors (Lipinski definition) is 4. The maximum Gasteiger partial charge on any atom is 0.264 e. The Balaban J connectivity index is 1.84. The summed E-state index contributed by atoms with van der Waals surface area (Å²) in [6, 6.07) is 2.09. The molecule has 0 aromatic carbocycles. The zero-order valence-electron chi connectivity index (χ0n) is 12.5. The van der Waals surface area contributed by atoms with E-state index in [0.717, 1.165) is 23.4 Å². The van der Waals surface area contributed by atoms with Crippen LogP contribution in [0.2, 0.25) is 0 Å². The molecule has 116 valence electrons. The van der Waals surface area contributed by atoms with Gasteiger partial charge in [-0.1, -0.05) is 6.92 Å². The van der Waals surface area contributed by atoms with E-state index >= 15 is 0 Å². The van der Waals surface area contributed by atoms with Gasteiger partial charge < -0.3 is 4.90 Å². The molecule has 1 fully saturated rings. The van der Waals surface area contributed by atoms with Gasteiger partial charge in [-0.3, -0.25) is 4.79 Å². The third kappa shape index (κ3) is 3.01. The van der Waals surface area contributed by atoms with Gasteiger partial charge in [-0.2, -0.15) is 0 Å². The van der Waals surface area contributed by atoms with Crippen LogP contribution in [0.15, 0.2) is 6.07 Å². The van der Waals surface area contributed by atoms with Crippen LogP contribution in [0.1, 0.15) is 46.8 Å². The average molecular weight is 327 g/mol. The van der Waals surface area contributed by atoms with Crippen molar-refractivity contribution in [3.8, 4) is 0 Å². The van der Waals surface area contributed by atoms with Crippen molar-refractivity contribution in [3.63, 3.8) is 0 Å². The van der Waals surface area contributed by atoms with Crippen molar-refractivity contribution in [2.45, 2.75) is 44.9 Å². The Morgan fingerprint density at radius 3 is 2.86 bits per heavy atom. The fourth-order valence-corrected chi connectivity index (χ4v) is 5.93. The lowest BCUT2D eigenvalue weighted by atomic mass is 9.95. The SMILES string of the molecule is C[C@H]1CC[C@@H](C)N(C(=O)c2cc3c(s2)CCS(=O)(=O)C3)C1. The first-order valence-electron chi connectivity index (χ1n) is 7.48. The van der Waals surface area contributed by atoms with Crippen molar-refractivity contribution in [2.75, 3.05) is 12.3 Å². The van der Waals surface area contributed by atoms with Gasteiger partial charge in [-0.25, -0.2) is 8.42 Å². The minimum absolute atomic E-state index is 0.0749. The van der Waals surface area contributed by atoms with Gasteiger partial charge in [0.05, 0.1) is 16.4 Å². The van der Waals surface area contributed by atoms with Crippen molar-refractivity contribution >= 4 is 27.1 Å². The lowest BCUT2D eigenvalue weighted by molar-refractivity contribution is 0.0579. The molecule has 0 bridgehead atoms. The van der Waals surface area contributed by atoms with Crippen molar-refractivity contribution in [1.29, 1.82) is 0 Å². The van der Waals surface area contributed by atoms with Crippen molar-refractivity contribution < 1.29 is 13.2 Å². The lowest BCUT2D eigenvalue weighted by Gasteiger charge is -2.36. The molecule has 1 aromatic rings. The van der Waals surface area contributed by atoms with E-state index in [1.807, 2.05) is 11.0 Å². The van der Waals surface area contributed by atoms with Gasteiger partial charge in [0, 0.05) is 17.5 Å². The number of thiophene rings is 1. The van der Waals surface area contributed by atoms with E-state index in [-0.39, 0.29) is 23.5 Å². The molecule has 0 aliphatic carbocycles. The van der Waals surface area contributed by atoms with E-state index in [1.165, 1.54) is 17.8 Å². The summed E-state index contributed by atoms with van der Waals surface area (Å²) in [4.78, 5) is 16.5. The lowest BCUT2D eigenvalue weighted by Crippen LogP contribution is -2.44. The monoisotopic (exact) mass is 327 g/mol. The molecular formula is C15H21NO3S2. The Morgan fingerprint density at radius 1 is 1.33 bits per heavy atom. The minimum atomic E-state index is -2.97. The number of carbonyl (C=O) groups is 1. The molecule has 6 heteroatoms. The Labute approximate surface area is 130 Å². The minimum Gasteiger partial charge on any atom is -0.335 e. The summed E-state index contributed by atoms with van der Waals surface area (Å²) in [6.45, 7) is 5.08. The van der Waals surface area contributed by atoms with Crippen LogP contribution in [0, 0.1) is 5.92 Å². The summed E-state index contributed by atoms with van der Waals surface area (Å²) in [5.74, 6) is 0.926. The highest BCUT2D eigenvalue weighted by Gasteiger charge is 2.31. The number of rotatable bonds is 1. The van der Waals surface area contributed by atoms with E-state index in [4.69, 9.17) is 0 Å². The molecule has 3 heterocycles. The maximum atomic E-state index is 12.7. The summed E-state index contributed by atoms with van der Waals surface area (Å²) < 4.78 is 23.4. The second-order valence-corrected chi connectivity index (χ2v) is 9.71. The summed E-state index contributed by atoms with van der Waals surface area (Å²) in [5, 5.41) is 0. The van der Waals surface area contributed by atoms with Crippen LogP contribution in [0.3, 0.4) is 0 Å². The van der Waals surface area contributed by atoms with E-state index in [2.05, 4.69) is 13.8 Å². The second-order valence-electron chi connectivity index (χ2n) is 6.39. The average Bonchev–Trinajstić information content (AvgIpc) is 2.82. The molecule has 1 saturated heterocycles. The third-order valence-corrected chi connectivity index (χ3v) is 7.30. The van der Waals surface area contributed by atoms with Crippen LogP contribution < -0.4 is 0 Å². The number of aryl methyl sites for hydroxylation is 1. The van der Waals surface area contributed by atoms with E-state index < -0.39 is 9.84 Å². The molecule has 1 amide bonds. The summed E-state index contributed by atoms with van der Waals surface area (Å²) in [7, 11) is -2.97. The number of hydrogen-bond donors (Lipinski definition) is 0. The smallest absolute Gasteiger partial charge is 0.264 e. The first-order valence-corrected chi connectivity index (χ1v) is 10.1. The number of nitrogens with zero attached hydrogens (tertiary/aromatic N) is 1. The molecule has 4 nitrogen and oxygen atoms in total. The number of piperidine rings is 1. The van der Waals surface area contributed by atoms with E-state index in [9.17, 15) is 13.2 Å². The third-order valence-electron chi connectivity index (χ3n) is 4.50. The first kappa shape index (κ1) is 15.0. The Bertz CT molecular complexity index is 662. The number of carbonyl (C=O) groups excluding carboxylic acids is 1. The molecule has 3 rings (SSSR count). The fourth-order valence-electron chi connectivity index (χ4n) is 3.18. The summed E-state index contributed by atoms with van der Waals surface area (Å²) >= 11 is 1.49. The predicted molar refractivity (Wildman–Crippen MR) is 84.4 cm³/mol.